The van der Waals surface area contributed by atoms with E-state index in [0.717, 1.165) is 5.56 Å². The maximum Gasteiger partial charge on any atom is 0.257 e. The third kappa shape index (κ3) is 5.48. The summed E-state index contributed by atoms with van der Waals surface area (Å²) in [7, 11) is 1.51. The first-order valence-electron chi connectivity index (χ1n) is 10.1. The van der Waals surface area contributed by atoms with Crippen LogP contribution in [0.1, 0.15) is 28.4 Å². The van der Waals surface area contributed by atoms with E-state index < -0.39 is 0 Å². The number of aromatic nitrogens is 4. The SMILES string of the molecule is COc1cc(C(=O)Nc2nnc(-c3ccncn3)s2)ccc1OC(CCO)c1ccccc1. The monoisotopic (exact) mass is 463 g/mol. The molecule has 10 heteroatoms. The van der Waals surface area contributed by atoms with Gasteiger partial charge in [0, 0.05) is 24.8 Å². The van der Waals surface area contributed by atoms with Crippen LogP contribution in [0, 0.1) is 0 Å². The highest BCUT2D eigenvalue weighted by Crippen LogP contribution is 2.34. The average molecular weight is 464 g/mol. The molecule has 2 aromatic heterocycles. The summed E-state index contributed by atoms with van der Waals surface area (Å²) in [4.78, 5) is 20.8. The van der Waals surface area contributed by atoms with Gasteiger partial charge in [-0.05, 0) is 29.8 Å². The molecule has 0 saturated carbocycles. The zero-order valence-electron chi connectivity index (χ0n) is 17.7. The number of aliphatic hydroxyl groups is 1. The van der Waals surface area contributed by atoms with Gasteiger partial charge in [0.2, 0.25) is 5.13 Å². The van der Waals surface area contributed by atoms with E-state index in [1.165, 1.54) is 24.8 Å². The van der Waals surface area contributed by atoms with Crippen molar-refractivity contribution in [2.24, 2.45) is 0 Å². The van der Waals surface area contributed by atoms with Crippen LogP contribution in [0.4, 0.5) is 5.13 Å². The van der Waals surface area contributed by atoms with Crippen LogP contribution in [-0.2, 0) is 0 Å². The fraction of sp³-hybridized carbons (Fsp3) is 0.174. The van der Waals surface area contributed by atoms with Crippen molar-refractivity contribution in [3.8, 4) is 22.2 Å². The van der Waals surface area contributed by atoms with Crippen LogP contribution in [-0.4, -0.2) is 44.9 Å². The minimum atomic E-state index is -0.361. The van der Waals surface area contributed by atoms with E-state index in [-0.39, 0.29) is 18.6 Å². The molecule has 0 fully saturated rings. The Morgan fingerprint density at radius 3 is 2.70 bits per heavy atom. The van der Waals surface area contributed by atoms with Crippen molar-refractivity contribution in [2.75, 3.05) is 19.0 Å². The van der Waals surface area contributed by atoms with Crippen molar-refractivity contribution in [3.63, 3.8) is 0 Å². The van der Waals surface area contributed by atoms with Crippen LogP contribution in [0.5, 0.6) is 11.5 Å². The van der Waals surface area contributed by atoms with Crippen LogP contribution in [0.3, 0.4) is 0 Å². The fourth-order valence-corrected chi connectivity index (χ4v) is 3.82. The predicted octanol–water partition coefficient (Wildman–Crippen LogP) is 3.76. The molecule has 168 valence electrons. The van der Waals surface area contributed by atoms with Crippen LogP contribution in [0.15, 0.2) is 67.1 Å². The molecule has 2 heterocycles. The van der Waals surface area contributed by atoms with Crippen LogP contribution in [0.25, 0.3) is 10.7 Å². The number of ether oxygens (including phenoxy) is 2. The van der Waals surface area contributed by atoms with Gasteiger partial charge in [0.25, 0.3) is 5.91 Å². The minimum Gasteiger partial charge on any atom is -0.493 e. The Balaban J connectivity index is 1.49. The average Bonchev–Trinajstić information content (AvgIpc) is 3.33. The first-order valence-corrected chi connectivity index (χ1v) is 10.9. The van der Waals surface area contributed by atoms with Gasteiger partial charge in [-0.3, -0.25) is 10.1 Å². The van der Waals surface area contributed by atoms with Gasteiger partial charge in [-0.15, -0.1) is 10.2 Å². The Kier molecular flexibility index (Phi) is 7.18. The molecule has 0 aliphatic heterocycles. The summed E-state index contributed by atoms with van der Waals surface area (Å²) in [5.41, 5.74) is 1.93. The van der Waals surface area contributed by atoms with E-state index in [1.807, 2.05) is 30.3 Å². The second-order valence-electron chi connectivity index (χ2n) is 6.86. The van der Waals surface area contributed by atoms with Gasteiger partial charge >= 0.3 is 0 Å². The van der Waals surface area contributed by atoms with Crippen molar-refractivity contribution in [1.82, 2.24) is 20.2 Å². The van der Waals surface area contributed by atoms with E-state index in [4.69, 9.17) is 9.47 Å². The normalized spacial score (nSPS) is 11.6. The second kappa shape index (κ2) is 10.6. The van der Waals surface area contributed by atoms with Gasteiger partial charge in [0.1, 0.15) is 18.1 Å². The number of amides is 1. The lowest BCUT2D eigenvalue weighted by atomic mass is 10.1. The molecule has 0 saturated heterocycles. The van der Waals surface area contributed by atoms with Crippen molar-refractivity contribution < 1.29 is 19.4 Å². The van der Waals surface area contributed by atoms with Gasteiger partial charge in [-0.25, -0.2) is 9.97 Å². The maximum atomic E-state index is 12.8. The van der Waals surface area contributed by atoms with Crippen LogP contribution in [0.2, 0.25) is 0 Å². The Labute approximate surface area is 194 Å². The number of carbonyl (C=O) groups excluding carboxylic acids is 1. The summed E-state index contributed by atoms with van der Waals surface area (Å²) in [6.45, 7) is -0.0266. The predicted molar refractivity (Wildman–Crippen MR) is 123 cm³/mol. The Bertz CT molecular complexity index is 1200. The Morgan fingerprint density at radius 2 is 1.97 bits per heavy atom. The van der Waals surface area contributed by atoms with E-state index >= 15 is 0 Å². The summed E-state index contributed by atoms with van der Waals surface area (Å²) in [5.74, 6) is 0.513. The number of methoxy groups -OCH3 is 1. The number of anilines is 1. The molecule has 0 bridgehead atoms. The molecule has 2 aromatic carbocycles. The zero-order chi connectivity index (χ0) is 23.0. The van der Waals surface area contributed by atoms with Gasteiger partial charge in [-0.1, -0.05) is 41.7 Å². The number of hydrogen-bond donors (Lipinski definition) is 2. The van der Waals surface area contributed by atoms with Crippen molar-refractivity contribution in [3.05, 3.63) is 78.2 Å². The number of hydrogen-bond acceptors (Lipinski definition) is 9. The number of rotatable bonds is 9. The third-order valence-electron chi connectivity index (χ3n) is 4.70. The molecule has 0 aliphatic rings. The molecule has 0 radical (unpaired) electrons. The minimum absolute atomic E-state index is 0.0266. The molecular formula is C23H21N5O4S. The summed E-state index contributed by atoms with van der Waals surface area (Å²) in [6.07, 6.45) is 3.10. The molecule has 33 heavy (non-hydrogen) atoms. The molecule has 4 rings (SSSR count). The largest absolute Gasteiger partial charge is 0.493 e. The first kappa shape index (κ1) is 22.3. The molecule has 4 aromatic rings. The summed E-state index contributed by atoms with van der Waals surface area (Å²) < 4.78 is 11.6. The number of aliphatic hydroxyl groups excluding tert-OH is 1. The van der Waals surface area contributed by atoms with Gasteiger partial charge < -0.3 is 14.6 Å². The standard InChI is InChI=1S/C23H21N5O4S/c1-31-20-13-16(7-8-19(20)32-18(10-12-29)15-5-3-2-4-6-15)21(30)26-23-28-27-22(33-23)17-9-11-24-14-25-17/h2-9,11,13-14,18,29H,10,12H2,1H3,(H,26,28,30). The van der Waals surface area contributed by atoms with E-state index in [0.29, 0.717) is 39.3 Å². The summed E-state index contributed by atoms with van der Waals surface area (Å²) >= 11 is 1.21. The highest BCUT2D eigenvalue weighted by atomic mass is 32.1. The van der Waals surface area contributed by atoms with Crippen molar-refractivity contribution in [2.45, 2.75) is 12.5 Å². The first-order chi connectivity index (χ1) is 16.2. The summed E-state index contributed by atoms with van der Waals surface area (Å²) in [5, 5.41) is 21.2. The molecule has 1 amide bonds. The number of nitrogens with zero attached hydrogens (tertiary/aromatic N) is 4. The lowest BCUT2D eigenvalue weighted by Crippen LogP contribution is -2.13. The highest BCUT2D eigenvalue weighted by molar-refractivity contribution is 7.18. The van der Waals surface area contributed by atoms with E-state index in [2.05, 4.69) is 25.5 Å². The third-order valence-corrected chi connectivity index (χ3v) is 5.57. The van der Waals surface area contributed by atoms with Crippen LogP contribution >= 0.6 is 11.3 Å². The second-order valence-corrected chi connectivity index (χ2v) is 7.83. The maximum absolute atomic E-state index is 12.8. The van der Waals surface area contributed by atoms with Gasteiger partial charge in [0.05, 0.1) is 7.11 Å². The Hall–Kier alpha value is -3.89. The molecule has 2 N–H and O–H groups in total. The van der Waals surface area contributed by atoms with Crippen molar-refractivity contribution in [1.29, 1.82) is 0 Å². The molecule has 9 nitrogen and oxygen atoms in total. The quantitative estimate of drug-likeness (QED) is 0.385. The molecular weight excluding hydrogens is 442 g/mol. The fourth-order valence-electron chi connectivity index (χ4n) is 3.10. The van der Waals surface area contributed by atoms with E-state index in [1.54, 1.807) is 30.5 Å². The molecule has 1 unspecified atom stereocenters. The number of carbonyl (C=O) groups is 1. The lowest BCUT2D eigenvalue weighted by Gasteiger charge is -2.20. The Morgan fingerprint density at radius 1 is 1.12 bits per heavy atom. The highest BCUT2D eigenvalue weighted by Gasteiger charge is 2.18. The molecule has 0 aliphatic carbocycles. The number of nitrogens with one attached hydrogen (secondary N) is 1. The van der Waals surface area contributed by atoms with Crippen LogP contribution < -0.4 is 14.8 Å². The molecule has 1 atom stereocenters. The zero-order valence-corrected chi connectivity index (χ0v) is 18.5. The van der Waals surface area contributed by atoms with E-state index in [9.17, 15) is 9.90 Å². The van der Waals surface area contributed by atoms with Gasteiger partial charge in [-0.2, -0.15) is 0 Å². The topological polar surface area (TPSA) is 119 Å². The smallest absolute Gasteiger partial charge is 0.257 e. The van der Waals surface area contributed by atoms with Crippen molar-refractivity contribution >= 4 is 22.4 Å². The molecule has 0 spiro atoms. The van der Waals surface area contributed by atoms with Gasteiger partial charge in [0.15, 0.2) is 16.5 Å². The summed E-state index contributed by atoms with van der Waals surface area (Å²) in [6, 6.07) is 16.2. The lowest BCUT2D eigenvalue weighted by molar-refractivity contribution is 0.102. The number of benzene rings is 2.